The van der Waals surface area contributed by atoms with E-state index in [1.165, 1.54) is 25.9 Å². The molecular formula is C13H25N5. The van der Waals surface area contributed by atoms with Gasteiger partial charge in [-0.15, -0.1) is 0 Å². The van der Waals surface area contributed by atoms with Gasteiger partial charge in [0.2, 0.25) is 0 Å². The van der Waals surface area contributed by atoms with E-state index in [9.17, 15) is 0 Å². The standard InChI is InChI=1S/C13H25N5/c1-11(2)9-18-13(15-10-16-18)8-14-12-4-6-17(3)7-5-12/h10-12,14H,4-9H2,1-3H3. The Morgan fingerprint density at radius 1 is 1.39 bits per heavy atom. The molecule has 1 aromatic rings. The van der Waals surface area contributed by atoms with Crippen LogP contribution in [-0.4, -0.2) is 45.8 Å². The highest BCUT2D eigenvalue weighted by atomic mass is 15.3. The van der Waals surface area contributed by atoms with E-state index in [2.05, 4.69) is 41.2 Å². The Balaban J connectivity index is 1.81. The molecule has 0 radical (unpaired) electrons. The van der Waals surface area contributed by atoms with Crippen molar-refractivity contribution in [2.24, 2.45) is 5.92 Å². The second-order valence-electron chi connectivity index (χ2n) is 5.71. The van der Waals surface area contributed by atoms with E-state index in [4.69, 9.17) is 0 Å². The van der Waals surface area contributed by atoms with Crippen LogP contribution in [0.3, 0.4) is 0 Å². The minimum Gasteiger partial charge on any atom is -0.307 e. The molecular weight excluding hydrogens is 226 g/mol. The fourth-order valence-electron chi connectivity index (χ4n) is 2.37. The number of nitrogens with zero attached hydrogens (tertiary/aromatic N) is 4. The smallest absolute Gasteiger partial charge is 0.140 e. The van der Waals surface area contributed by atoms with Crippen LogP contribution in [0.2, 0.25) is 0 Å². The lowest BCUT2D eigenvalue weighted by Crippen LogP contribution is -2.40. The van der Waals surface area contributed by atoms with Gasteiger partial charge in [-0.1, -0.05) is 13.8 Å². The molecule has 5 heteroatoms. The Bertz CT molecular complexity index is 352. The molecule has 2 heterocycles. The normalized spacial score (nSPS) is 18.7. The summed E-state index contributed by atoms with van der Waals surface area (Å²) in [4.78, 5) is 6.74. The number of likely N-dealkylation sites (tertiary alicyclic amines) is 1. The number of piperidine rings is 1. The van der Waals surface area contributed by atoms with E-state index in [0.29, 0.717) is 12.0 Å². The van der Waals surface area contributed by atoms with Crippen molar-refractivity contribution in [2.75, 3.05) is 20.1 Å². The quantitative estimate of drug-likeness (QED) is 0.852. The van der Waals surface area contributed by atoms with Crippen molar-refractivity contribution in [1.29, 1.82) is 0 Å². The maximum Gasteiger partial charge on any atom is 0.140 e. The van der Waals surface area contributed by atoms with Crippen molar-refractivity contribution >= 4 is 0 Å². The van der Waals surface area contributed by atoms with Crippen LogP contribution in [0.1, 0.15) is 32.5 Å². The van der Waals surface area contributed by atoms with E-state index < -0.39 is 0 Å². The summed E-state index contributed by atoms with van der Waals surface area (Å²) < 4.78 is 2.02. The van der Waals surface area contributed by atoms with Gasteiger partial charge < -0.3 is 10.2 Å². The third-order valence-electron chi connectivity index (χ3n) is 3.50. The first kappa shape index (κ1) is 13.5. The van der Waals surface area contributed by atoms with Crippen LogP contribution in [0.5, 0.6) is 0 Å². The van der Waals surface area contributed by atoms with E-state index in [1.54, 1.807) is 6.33 Å². The average Bonchev–Trinajstić information content (AvgIpc) is 2.75. The molecule has 0 spiro atoms. The second-order valence-corrected chi connectivity index (χ2v) is 5.71. The summed E-state index contributed by atoms with van der Waals surface area (Å²) in [6.45, 7) is 8.57. The Kier molecular flexibility index (Phi) is 4.72. The molecule has 1 N–H and O–H groups in total. The molecule has 0 bridgehead atoms. The summed E-state index contributed by atoms with van der Waals surface area (Å²) >= 11 is 0. The minimum absolute atomic E-state index is 0.605. The highest BCUT2D eigenvalue weighted by molar-refractivity contribution is 4.86. The van der Waals surface area contributed by atoms with Gasteiger partial charge >= 0.3 is 0 Å². The molecule has 1 fully saturated rings. The number of nitrogens with one attached hydrogen (secondary N) is 1. The van der Waals surface area contributed by atoms with E-state index >= 15 is 0 Å². The Morgan fingerprint density at radius 3 is 2.78 bits per heavy atom. The lowest BCUT2D eigenvalue weighted by atomic mass is 10.1. The van der Waals surface area contributed by atoms with Gasteiger partial charge in [0.15, 0.2) is 0 Å². The number of hydrogen-bond acceptors (Lipinski definition) is 4. The fourth-order valence-corrected chi connectivity index (χ4v) is 2.37. The molecule has 102 valence electrons. The molecule has 0 amide bonds. The van der Waals surface area contributed by atoms with E-state index in [0.717, 1.165) is 18.9 Å². The van der Waals surface area contributed by atoms with Gasteiger partial charge in [-0.05, 0) is 38.9 Å². The van der Waals surface area contributed by atoms with Crippen molar-refractivity contribution < 1.29 is 0 Å². The first-order valence-electron chi connectivity index (χ1n) is 6.93. The van der Waals surface area contributed by atoms with Crippen LogP contribution >= 0.6 is 0 Å². The van der Waals surface area contributed by atoms with Crippen molar-refractivity contribution in [1.82, 2.24) is 25.0 Å². The topological polar surface area (TPSA) is 46.0 Å². The first-order chi connectivity index (χ1) is 8.65. The fraction of sp³-hybridized carbons (Fsp3) is 0.846. The summed E-state index contributed by atoms with van der Waals surface area (Å²) in [6.07, 6.45) is 4.12. The van der Waals surface area contributed by atoms with Gasteiger partial charge in [0.1, 0.15) is 12.2 Å². The Labute approximate surface area is 110 Å². The Hall–Kier alpha value is -0.940. The van der Waals surface area contributed by atoms with Crippen LogP contribution < -0.4 is 5.32 Å². The molecule has 18 heavy (non-hydrogen) atoms. The Morgan fingerprint density at radius 2 is 2.11 bits per heavy atom. The minimum atomic E-state index is 0.605. The third kappa shape index (κ3) is 3.78. The predicted octanol–water partition coefficient (Wildman–Crippen LogP) is 1.12. The van der Waals surface area contributed by atoms with Crippen LogP contribution in [0.25, 0.3) is 0 Å². The van der Waals surface area contributed by atoms with Gasteiger partial charge in [0, 0.05) is 12.6 Å². The summed E-state index contributed by atoms with van der Waals surface area (Å²) in [6, 6.07) is 0.630. The molecule has 1 aliphatic rings. The van der Waals surface area contributed by atoms with Crippen LogP contribution in [0.15, 0.2) is 6.33 Å². The molecule has 1 saturated heterocycles. The summed E-state index contributed by atoms with van der Waals surface area (Å²) in [5.74, 6) is 1.66. The zero-order valence-corrected chi connectivity index (χ0v) is 11.8. The average molecular weight is 251 g/mol. The van der Waals surface area contributed by atoms with Crippen molar-refractivity contribution in [3.05, 3.63) is 12.2 Å². The van der Waals surface area contributed by atoms with Crippen LogP contribution in [-0.2, 0) is 13.1 Å². The maximum atomic E-state index is 4.35. The zero-order chi connectivity index (χ0) is 13.0. The monoisotopic (exact) mass is 251 g/mol. The van der Waals surface area contributed by atoms with Gasteiger partial charge in [0.25, 0.3) is 0 Å². The van der Waals surface area contributed by atoms with Gasteiger partial charge in [-0.2, -0.15) is 5.10 Å². The summed E-state index contributed by atoms with van der Waals surface area (Å²) in [5, 5.41) is 7.90. The first-order valence-corrected chi connectivity index (χ1v) is 6.93. The number of rotatable bonds is 5. The van der Waals surface area contributed by atoms with Crippen LogP contribution in [0, 0.1) is 5.92 Å². The van der Waals surface area contributed by atoms with Gasteiger partial charge in [-0.3, -0.25) is 0 Å². The van der Waals surface area contributed by atoms with Gasteiger partial charge in [-0.25, -0.2) is 9.67 Å². The highest BCUT2D eigenvalue weighted by Gasteiger charge is 2.16. The van der Waals surface area contributed by atoms with Crippen molar-refractivity contribution in [3.63, 3.8) is 0 Å². The number of aromatic nitrogens is 3. The predicted molar refractivity (Wildman–Crippen MR) is 72.2 cm³/mol. The van der Waals surface area contributed by atoms with Gasteiger partial charge in [0.05, 0.1) is 6.54 Å². The molecule has 2 rings (SSSR count). The molecule has 0 aliphatic carbocycles. The number of hydrogen-bond donors (Lipinski definition) is 1. The highest BCUT2D eigenvalue weighted by Crippen LogP contribution is 2.09. The SMILES string of the molecule is CC(C)Cn1ncnc1CNC1CCN(C)CC1. The lowest BCUT2D eigenvalue weighted by Gasteiger charge is -2.29. The summed E-state index contributed by atoms with van der Waals surface area (Å²) in [5.41, 5.74) is 0. The molecule has 0 unspecified atom stereocenters. The van der Waals surface area contributed by atoms with Crippen LogP contribution in [0.4, 0.5) is 0 Å². The summed E-state index contributed by atoms with van der Waals surface area (Å²) in [7, 11) is 2.19. The second kappa shape index (κ2) is 6.29. The molecule has 5 nitrogen and oxygen atoms in total. The van der Waals surface area contributed by atoms with Crippen molar-refractivity contribution in [2.45, 2.75) is 45.8 Å². The third-order valence-corrected chi connectivity index (χ3v) is 3.50. The zero-order valence-electron chi connectivity index (χ0n) is 11.8. The molecule has 1 aliphatic heterocycles. The van der Waals surface area contributed by atoms with Crippen molar-refractivity contribution in [3.8, 4) is 0 Å². The molecule has 0 aromatic carbocycles. The largest absolute Gasteiger partial charge is 0.307 e. The van der Waals surface area contributed by atoms with E-state index in [-0.39, 0.29) is 0 Å². The maximum absolute atomic E-state index is 4.35. The molecule has 1 aromatic heterocycles. The molecule has 0 saturated carbocycles. The lowest BCUT2D eigenvalue weighted by molar-refractivity contribution is 0.232. The van der Waals surface area contributed by atoms with E-state index in [1.807, 2.05) is 4.68 Å². The molecule has 0 atom stereocenters.